The van der Waals surface area contributed by atoms with Crippen molar-refractivity contribution in [2.24, 2.45) is 0 Å². The summed E-state index contributed by atoms with van der Waals surface area (Å²) < 4.78 is 5.46. The van der Waals surface area contributed by atoms with Crippen LogP contribution in [0.4, 0.5) is 0 Å². The number of ether oxygens (including phenoxy) is 1. The average molecular weight is 971 g/mol. The predicted molar refractivity (Wildman–Crippen MR) is 301 cm³/mol. The molecular weight excluding hydrogens is 851 g/mol. The van der Waals surface area contributed by atoms with Crippen molar-refractivity contribution in [3.05, 3.63) is 36.5 Å². The van der Waals surface area contributed by atoms with Crippen molar-refractivity contribution >= 4 is 11.9 Å². The Labute approximate surface area is 430 Å². The molecule has 0 bridgehead atoms. The van der Waals surface area contributed by atoms with E-state index in [0.717, 1.165) is 70.6 Å². The zero-order chi connectivity index (χ0) is 50.0. The van der Waals surface area contributed by atoms with Gasteiger partial charge in [-0.2, -0.15) is 0 Å². The van der Waals surface area contributed by atoms with Crippen molar-refractivity contribution in [1.82, 2.24) is 5.32 Å². The Kier molecular flexibility index (Phi) is 57.0. The SMILES string of the molecule is CCC/C=C\C/C=C\CCCCCCCC(=O)OCCCCCCCCCCC/C=C\CCCCCCCC(=O)NC(CO)C(O)CCCCCCCCCCCCCCCCCCCCCCC. The van der Waals surface area contributed by atoms with Gasteiger partial charge in [-0.25, -0.2) is 0 Å². The van der Waals surface area contributed by atoms with Crippen molar-refractivity contribution in [3.63, 3.8) is 0 Å². The largest absolute Gasteiger partial charge is 0.466 e. The fourth-order valence-electron chi connectivity index (χ4n) is 9.44. The molecule has 0 heterocycles. The highest BCUT2D eigenvalue weighted by atomic mass is 16.5. The fourth-order valence-corrected chi connectivity index (χ4v) is 9.44. The van der Waals surface area contributed by atoms with Gasteiger partial charge in [0.1, 0.15) is 0 Å². The van der Waals surface area contributed by atoms with E-state index in [1.54, 1.807) is 0 Å². The normalized spacial score (nSPS) is 12.8. The summed E-state index contributed by atoms with van der Waals surface area (Å²) in [6.45, 7) is 4.88. The monoisotopic (exact) mass is 970 g/mol. The molecule has 0 fully saturated rings. The number of nitrogens with one attached hydrogen (secondary N) is 1. The van der Waals surface area contributed by atoms with E-state index in [9.17, 15) is 19.8 Å². The maximum Gasteiger partial charge on any atom is 0.305 e. The molecule has 0 saturated carbocycles. The standard InChI is InChI=1S/C63H119NO5/c1-3-5-7-9-11-13-15-17-18-19-20-21-22-25-28-32-35-39-43-47-51-55-61(66)60(59-65)64-62(67)56-52-48-44-40-36-33-29-26-23-24-27-30-34-38-42-46-50-54-58-69-63(68)57-53-49-45-41-37-31-16-14-12-10-8-6-4-2/h8,10,14,16,26,29,60-61,65-66H,3-7,9,11-13,15,17-25,27-28,30-59H2,1-2H3,(H,64,67)/b10-8-,16-14-,29-26-. The van der Waals surface area contributed by atoms with Crippen LogP contribution in [0.25, 0.3) is 0 Å². The van der Waals surface area contributed by atoms with Crippen LogP contribution in [0.2, 0.25) is 0 Å². The lowest BCUT2D eigenvalue weighted by atomic mass is 10.0. The van der Waals surface area contributed by atoms with Crippen molar-refractivity contribution < 1.29 is 24.5 Å². The number of hydrogen-bond acceptors (Lipinski definition) is 5. The van der Waals surface area contributed by atoms with Crippen LogP contribution in [-0.2, 0) is 14.3 Å². The van der Waals surface area contributed by atoms with Crippen LogP contribution >= 0.6 is 0 Å². The third-order valence-corrected chi connectivity index (χ3v) is 14.1. The van der Waals surface area contributed by atoms with Crippen molar-refractivity contribution in [1.29, 1.82) is 0 Å². The Bertz CT molecular complexity index is 1120. The molecule has 0 rings (SSSR count). The molecule has 69 heavy (non-hydrogen) atoms. The molecule has 0 aromatic carbocycles. The number of aliphatic hydroxyl groups excluding tert-OH is 2. The number of aliphatic hydroxyl groups is 2. The first kappa shape index (κ1) is 67.1. The molecule has 2 atom stereocenters. The number of esters is 1. The average Bonchev–Trinajstić information content (AvgIpc) is 3.35. The van der Waals surface area contributed by atoms with E-state index >= 15 is 0 Å². The van der Waals surface area contributed by atoms with Gasteiger partial charge in [0.2, 0.25) is 5.91 Å². The Hall–Kier alpha value is -1.92. The summed E-state index contributed by atoms with van der Waals surface area (Å²) in [7, 11) is 0. The van der Waals surface area contributed by atoms with Gasteiger partial charge in [0.05, 0.1) is 25.4 Å². The van der Waals surface area contributed by atoms with Gasteiger partial charge >= 0.3 is 5.97 Å². The molecule has 6 nitrogen and oxygen atoms in total. The zero-order valence-corrected chi connectivity index (χ0v) is 46.3. The van der Waals surface area contributed by atoms with Gasteiger partial charge < -0.3 is 20.3 Å². The molecule has 6 heteroatoms. The van der Waals surface area contributed by atoms with E-state index in [1.807, 2.05) is 0 Å². The van der Waals surface area contributed by atoms with Crippen molar-refractivity contribution in [3.8, 4) is 0 Å². The van der Waals surface area contributed by atoms with Crippen LogP contribution in [0, 0.1) is 0 Å². The smallest absolute Gasteiger partial charge is 0.305 e. The lowest BCUT2D eigenvalue weighted by molar-refractivity contribution is -0.143. The van der Waals surface area contributed by atoms with Crippen LogP contribution in [0.5, 0.6) is 0 Å². The Morgan fingerprint density at radius 3 is 1.17 bits per heavy atom. The van der Waals surface area contributed by atoms with E-state index in [1.165, 1.54) is 225 Å². The first-order valence-electron chi connectivity index (χ1n) is 30.7. The minimum Gasteiger partial charge on any atom is -0.466 e. The summed E-state index contributed by atoms with van der Waals surface area (Å²) in [5, 5.41) is 23.4. The molecule has 0 aromatic heterocycles. The highest BCUT2D eigenvalue weighted by molar-refractivity contribution is 5.76. The van der Waals surface area contributed by atoms with Crippen LogP contribution in [0.3, 0.4) is 0 Å². The van der Waals surface area contributed by atoms with Gasteiger partial charge in [-0.3, -0.25) is 9.59 Å². The van der Waals surface area contributed by atoms with E-state index in [0.29, 0.717) is 25.9 Å². The van der Waals surface area contributed by atoms with Gasteiger partial charge in [0.25, 0.3) is 0 Å². The summed E-state index contributed by atoms with van der Waals surface area (Å²) in [5.74, 6) is -0.0593. The highest BCUT2D eigenvalue weighted by Crippen LogP contribution is 2.17. The predicted octanol–water partition coefficient (Wildman–Crippen LogP) is 19.2. The van der Waals surface area contributed by atoms with E-state index < -0.39 is 12.1 Å². The van der Waals surface area contributed by atoms with Crippen LogP contribution in [0.15, 0.2) is 36.5 Å². The lowest BCUT2D eigenvalue weighted by Crippen LogP contribution is -2.45. The summed E-state index contributed by atoms with van der Waals surface area (Å²) in [5.41, 5.74) is 0. The van der Waals surface area contributed by atoms with Gasteiger partial charge in [-0.05, 0) is 77.0 Å². The molecule has 0 aliphatic heterocycles. The molecule has 406 valence electrons. The van der Waals surface area contributed by atoms with E-state index in [2.05, 4.69) is 55.6 Å². The summed E-state index contributed by atoms with van der Waals surface area (Å²) in [4.78, 5) is 24.5. The third kappa shape index (κ3) is 55.2. The summed E-state index contributed by atoms with van der Waals surface area (Å²) in [6.07, 6.45) is 72.9. The van der Waals surface area contributed by atoms with Crippen molar-refractivity contribution in [2.45, 2.75) is 341 Å². The highest BCUT2D eigenvalue weighted by Gasteiger charge is 2.20. The second-order valence-electron chi connectivity index (χ2n) is 21.0. The van der Waals surface area contributed by atoms with Gasteiger partial charge in [0, 0.05) is 12.8 Å². The van der Waals surface area contributed by atoms with E-state index in [-0.39, 0.29) is 18.5 Å². The minimum absolute atomic E-state index is 0.0121. The number of carbonyl (C=O) groups excluding carboxylic acids is 2. The minimum atomic E-state index is -0.675. The third-order valence-electron chi connectivity index (χ3n) is 14.1. The molecule has 0 spiro atoms. The second kappa shape index (κ2) is 58.6. The number of unbranched alkanes of at least 4 members (excludes halogenated alkanes) is 40. The second-order valence-corrected chi connectivity index (χ2v) is 21.0. The van der Waals surface area contributed by atoms with E-state index in [4.69, 9.17) is 4.74 Å². The lowest BCUT2D eigenvalue weighted by Gasteiger charge is -2.22. The molecule has 0 saturated heterocycles. The maximum absolute atomic E-state index is 12.5. The molecule has 0 aliphatic rings. The first-order chi connectivity index (χ1) is 34.0. The molecular formula is C63H119NO5. The zero-order valence-electron chi connectivity index (χ0n) is 46.3. The topological polar surface area (TPSA) is 95.9 Å². The van der Waals surface area contributed by atoms with Crippen LogP contribution < -0.4 is 5.32 Å². The van der Waals surface area contributed by atoms with Gasteiger partial charge in [-0.1, -0.05) is 275 Å². The Morgan fingerprint density at radius 2 is 0.754 bits per heavy atom. The van der Waals surface area contributed by atoms with Gasteiger partial charge in [-0.15, -0.1) is 0 Å². The number of amides is 1. The summed E-state index contributed by atoms with van der Waals surface area (Å²) in [6, 6.07) is -0.553. The van der Waals surface area contributed by atoms with Crippen LogP contribution in [0.1, 0.15) is 328 Å². The van der Waals surface area contributed by atoms with Crippen LogP contribution in [-0.4, -0.2) is 47.4 Å². The first-order valence-corrected chi connectivity index (χ1v) is 30.7. The Morgan fingerprint density at radius 1 is 0.406 bits per heavy atom. The number of allylic oxidation sites excluding steroid dienone is 6. The molecule has 1 amide bonds. The van der Waals surface area contributed by atoms with Gasteiger partial charge in [0.15, 0.2) is 0 Å². The maximum atomic E-state index is 12.5. The molecule has 3 N–H and O–H groups in total. The number of carbonyl (C=O) groups is 2. The number of hydrogen-bond donors (Lipinski definition) is 3. The molecule has 0 radical (unpaired) electrons. The Balaban J connectivity index is 3.46. The molecule has 0 aromatic rings. The molecule has 0 aliphatic carbocycles. The van der Waals surface area contributed by atoms with Crippen molar-refractivity contribution in [2.75, 3.05) is 13.2 Å². The molecule has 2 unspecified atom stereocenters. The fraction of sp³-hybridized carbons (Fsp3) is 0.873. The quantitative estimate of drug-likeness (QED) is 0.0321. The number of rotatable bonds is 57. The summed E-state index contributed by atoms with van der Waals surface area (Å²) >= 11 is 0.